The predicted molar refractivity (Wildman–Crippen MR) is 81.8 cm³/mol. The molecule has 0 aliphatic carbocycles. The summed E-state index contributed by atoms with van der Waals surface area (Å²) in [6.45, 7) is -0.287. The number of anilines is 1. The average Bonchev–Trinajstić information content (AvgIpc) is 2.55. The van der Waals surface area contributed by atoms with Gasteiger partial charge in [0, 0.05) is 11.6 Å². The van der Waals surface area contributed by atoms with Crippen LogP contribution >= 0.6 is 11.6 Å². The van der Waals surface area contributed by atoms with E-state index in [2.05, 4.69) is 5.32 Å². The summed E-state index contributed by atoms with van der Waals surface area (Å²) in [7, 11) is 0. The molecule has 1 aliphatic heterocycles. The molecule has 0 aromatic heterocycles. The molecule has 0 fully saturated rings. The highest BCUT2D eigenvalue weighted by Gasteiger charge is 2.18. The van der Waals surface area contributed by atoms with Crippen molar-refractivity contribution in [3.8, 4) is 11.5 Å². The lowest BCUT2D eigenvalue weighted by Gasteiger charge is -2.18. The van der Waals surface area contributed by atoms with Gasteiger partial charge in [0.2, 0.25) is 0 Å². The summed E-state index contributed by atoms with van der Waals surface area (Å²) in [4.78, 5) is 23.4. The van der Waals surface area contributed by atoms with Gasteiger partial charge in [-0.05, 0) is 30.3 Å². The summed E-state index contributed by atoms with van der Waals surface area (Å²) in [5.41, 5.74) is 0.805. The highest BCUT2D eigenvalue weighted by Crippen LogP contribution is 2.28. The zero-order valence-electron chi connectivity index (χ0n) is 11.8. The van der Waals surface area contributed by atoms with E-state index in [1.807, 2.05) is 0 Å². The van der Waals surface area contributed by atoms with Crippen molar-refractivity contribution in [2.45, 2.75) is 0 Å². The fourth-order valence-electron chi connectivity index (χ4n) is 2.06. The van der Waals surface area contributed by atoms with Gasteiger partial charge >= 0.3 is 0 Å². The molecule has 0 bridgehead atoms. The van der Waals surface area contributed by atoms with Gasteiger partial charge in [-0.15, -0.1) is 0 Å². The van der Waals surface area contributed by atoms with E-state index in [1.165, 1.54) is 18.2 Å². The second-order valence-electron chi connectivity index (χ2n) is 4.84. The maximum absolute atomic E-state index is 13.1. The Bertz CT molecular complexity index is 794. The zero-order chi connectivity index (χ0) is 16.4. The van der Waals surface area contributed by atoms with Gasteiger partial charge in [0.25, 0.3) is 5.91 Å². The number of hydrogen-bond acceptors (Lipinski definition) is 4. The molecule has 118 valence electrons. The topological polar surface area (TPSA) is 64.6 Å². The number of ether oxygens (including phenoxy) is 2. The van der Waals surface area contributed by atoms with E-state index in [0.717, 1.165) is 6.07 Å². The first-order chi connectivity index (χ1) is 11.0. The van der Waals surface area contributed by atoms with Crippen LogP contribution in [0.1, 0.15) is 10.4 Å². The Kier molecular flexibility index (Phi) is 4.16. The summed E-state index contributed by atoms with van der Waals surface area (Å²) >= 11 is 5.65. The molecule has 1 heterocycles. The first-order valence-corrected chi connectivity index (χ1v) is 7.08. The standard InChI is InChI=1S/C16H11ClFNO4/c17-11-6-10(2-3-12(11)18)22-7-14(20)9-1-4-15-13(5-9)19-16(21)8-23-15/h1-6H,7-8H2,(H,19,21). The molecule has 7 heteroatoms. The second-order valence-corrected chi connectivity index (χ2v) is 5.24. The molecule has 0 saturated carbocycles. The third-order valence-corrected chi connectivity index (χ3v) is 3.49. The van der Waals surface area contributed by atoms with Crippen LogP contribution in [-0.2, 0) is 4.79 Å². The SMILES string of the molecule is O=C1COc2ccc(C(=O)COc3ccc(F)c(Cl)c3)cc2N1. The van der Waals surface area contributed by atoms with Crippen molar-refractivity contribution in [3.63, 3.8) is 0 Å². The molecule has 23 heavy (non-hydrogen) atoms. The molecule has 3 rings (SSSR count). The monoisotopic (exact) mass is 335 g/mol. The Hall–Kier alpha value is -2.60. The van der Waals surface area contributed by atoms with E-state index in [4.69, 9.17) is 21.1 Å². The number of amides is 1. The van der Waals surface area contributed by atoms with Crippen LogP contribution in [0.3, 0.4) is 0 Å². The van der Waals surface area contributed by atoms with Crippen LogP contribution in [0, 0.1) is 5.82 Å². The zero-order valence-corrected chi connectivity index (χ0v) is 12.5. The van der Waals surface area contributed by atoms with E-state index < -0.39 is 5.82 Å². The average molecular weight is 336 g/mol. The Morgan fingerprint density at radius 2 is 2.13 bits per heavy atom. The highest BCUT2D eigenvalue weighted by atomic mass is 35.5. The molecule has 1 aliphatic rings. The Balaban J connectivity index is 1.69. The van der Waals surface area contributed by atoms with Gasteiger partial charge in [-0.1, -0.05) is 11.6 Å². The molecular formula is C16H11ClFNO4. The molecule has 2 aromatic carbocycles. The Labute approximate surface area is 136 Å². The molecule has 0 spiro atoms. The van der Waals surface area contributed by atoms with Crippen LogP contribution < -0.4 is 14.8 Å². The summed E-state index contributed by atoms with van der Waals surface area (Å²) in [6.07, 6.45) is 0. The minimum Gasteiger partial charge on any atom is -0.485 e. The first kappa shape index (κ1) is 15.3. The second kappa shape index (κ2) is 6.26. The summed E-state index contributed by atoms with van der Waals surface area (Å²) in [5, 5.41) is 2.55. The quantitative estimate of drug-likeness (QED) is 0.872. The van der Waals surface area contributed by atoms with Gasteiger partial charge in [-0.3, -0.25) is 9.59 Å². The van der Waals surface area contributed by atoms with Crippen LogP contribution in [0.15, 0.2) is 36.4 Å². The number of carbonyl (C=O) groups excluding carboxylic acids is 2. The number of benzene rings is 2. The molecule has 1 amide bonds. The van der Waals surface area contributed by atoms with E-state index in [1.54, 1.807) is 12.1 Å². The number of ketones is 1. The molecule has 5 nitrogen and oxygen atoms in total. The van der Waals surface area contributed by atoms with Gasteiger partial charge in [0.15, 0.2) is 19.0 Å². The van der Waals surface area contributed by atoms with Crippen molar-refractivity contribution in [1.82, 2.24) is 0 Å². The van der Waals surface area contributed by atoms with Crippen LogP contribution in [0.5, 0.6) is 11.5 Å². The van der Waals surface area contributed by atoms with Gasteiger partial charge < -0.3 is 14.8 Å². The molecule has 0 unspecified atom stereocenters. The predicted octanol–water partition coefficient (Wildman–Crippen LogP) is 3.07. The number of nitrogens with one attached hydrogen (secondary N) is 1. The van der Waals surface area contributed by atoms with Crippen molar-refractivity contribution >= 4 is 29.0 Å². The van der Waals surface area contributed by atoms with Crippen LogP contribution in [0.25, 0.3) is 0 Å². The van der Waals surface area contributed by atoms with Crippen LogP contribution in [0.2, 0.25) is 5.02 Å². The van der Waals surface area contributed by atoms with Crippen molar-refractivity contribution in [1.29, 1.82) is 0 Å². The molecule has 0 saturated heterocycles. The van der Waals surface area contributed by atoms with Crippen molar-refractivity contribution in [3.05, 3.63) is 52.8 Å². The van der Waals surface area contributed by atoms with Crippen LogP contribution in [-0.4, -0.2) is 24.9 Å². The fraction of sp³-hybridized carbons (Fsp3) is 0.125. The highest BCUT2D eigenvalue weighted by molar-refractivity contribution is 6.30. The lowest BCUT2D eigenvalue weighted by molar-refractivity contribution is -0.118. The molecule has 0 radical (unpaired) electrons. The maximum atomic E-state index is 13.1. The van der Waals surface area contributed by atoms with E-state index >= 15 is 0 Å². The van der Waals surface area contributed by atoms with Gasteiger partial charge in [-0.2, -0.15) is 0 Å². The van der Waals surface area contributed by atoms with Gasteiger partial charge in [0.1, 0.15) is 17.3 Å². The first-order valence-electron chi connectivity index (χ1n) is 6.70. The summed E-state index contributed by atoms with van der Waals surface area (Å²) in [5.74, 6) is -0.338. The maximum Gasteiger partial charge on any atom is 0.262 e. The molecule has 1 N–H and O–H groups in total. The molecule has 0 atom stereocenters. The normalized spacial score (nSPS) is 12.9. The fourth-order valence-corrected chi connectivity index (χ4v) is 2.23. The number of rotatable bonds is 4. The lowest BCUT2D eigenvalue weighted by atomic mass is 10.1. The Morgan fingerprint density at radius 3 is 2.91 bits per heavy atom. The van der Waals surface area contributed by atoms with Crippen molar-refractivity contribution < 1.29 is 23.5 Å². The summed E-state index contributed by atoms with van der Waals surface area (Å²) in [6, 6.07) is 8.56. The smallest absolute Gasteiger partial charge is 0.262 e. The minimum atomic E-state index is -0.559. The lowest BCUT2D eigenvalue weighted by Crippen LogP contribution is -2.25. The third kappa shape index (κ3) is 3.43. The summed E-state index contributed by atoms with van der Waals surface area (Å²) < 4.78 is 23.6. The van der Waals surface area contributed by atoms with Gasteiger partial charge in [-0.25, -0.2) is 4.39 Å². The van der Waals surface area contributed by atoms with Crippen molar-refractivity contribution in [2.75, 3.05) is 18.5 Å². The third-order valence-electron chi connectivity index (χ3n) is 3.20. The van der Waals surface area contributed by atoms with Crippen molar-refractivity contribution in [2.24, 2.45) is 0 Å². The molecular weight excluding hydrogens is 325 g/mol. The number of fused-ring (bicyclic) bond motifs is 1. The number of carbonyl (C=O) groups is 2. The van der Waals surface area contributed by atoms with E-state index in [9.17, 15) is 14.0 Å². The van der Waals surface area contributed by atoms with E-state index in [0.29, 0.717) is 22.7 Å². The van der Waals surface area contributed by atoms with Crippen LogP contribution in [0.4, 0.5) is 10.1 Å². The van der Waals surface area contributed by atoms with Gasteiger partial charge in [0.05, 0.1) is 10.7 Å². The number of halogens is 2. The van der Waals surface area contributed by atoms with E-state index in [-0.39, 0.29) is 29.9 Å². The number of Topliss-reactive ketones (excluding diaryl/α,β-unsaturated/α-hetero) is 1. The molecule has 2 aromatic rings. The largest absolute Gasteiger partial charge is 0.485 e. The minimum absolute atomic E-state index is 0.0469. The Morgan fingerprint density at radius 1 is 1.30 bits per heavy atom. The number of hydrogen-bond donors (Lipinski definition) is 1.